The predicted octanol–water partition coefficient (Wildman–Crippen LogP) is 9.37. The summed E-state index contributed by atoms with van der Waals surface area (Å²) < 4.78 is 17.0. The van der Waals surface area contributed by atoms with Gasteiger partial charge in [-0.05, 0) is 79.3 Å². The number of hydrogen-bond donors (Lipinski definition) is 0. The molecule has 0 saturated heterocycles. The zero-order valence-electron chi connectivity index (χ0n) is 25.4. The highest BCUT2D eigenvalue weighted by molar-refractivity contribution is 5.78. The number of carbonyl (C=O) groups excluding carboxylic acids is 1. The number of benzene rings is 4. The van der Waals surface area contributed by atoms with Gasteiger partial charge in [0.25, 0.3) is 0 Å². The zero-order valence-corrected chi connectivity index (χ0v) is 25.4. The molecule has 0 amide bonds. The van der Waals surface area contributed by atoms with Crippen molar-refractivity contribution >= 4 is 5.97 Å². The Morgan fingerprint density at radius 2 is 1.34 bits per heavy atom. The van der Waals surface area contributed by atoms with E-state index in [1.165, 1.54) is 5.57 Å². The molecule has 3 atom stereocenters. The monoisotopic (exact) mass is 584 g/mol. The van der Waals surface area contributed by atoms with Crippen LogP contribution in [0.3, 0.4) is 0 Å². The number of nitriles is 2. The van der Waals surface area contributed by atoms with Crippen LogP contribution in [-0.2, 0) is 16.0 Å². The van der Waals surface area contributed by atoms with Gasteiger partial charge in [-0.1, -0.05) is 86.2 Å². The summed E-state index contributed by atoms with van der Waals surface area (Å²) in [6, 6.07) is 37.9. The summed E-state index contributed by atoms with van der Waals surface area (Å²) in [5.74, 6) is 2.46. The number of esters is 1. The van der Waals surface area contributed by atoms with Crippen LogP contribution in [0.4, 0.5) is 0 Å². The van der Waals surface area contributed by atoms with Gasteiger partial charge in [0.1, 0.15) is 29.1 Å². The normalized spacial score (nSPS) is 16.4. The molecule has 5 rings (SSSR count). The maximum atomic E-state index is 12.7. The molecule has 0 aliphatic heterocycles. The number of para-hydroxylation sites is 2. The van der Waals surface area contributed by atoms with Crippen LogP contribution in [-0.4, -0.2) is 5.97 Å². The first-order valence-corrected chi connectivity index (χ1v) is 14.5. The van der Waals surface area contributed by atoms with Crippen LogP contribution in [0.2, 0.25) is 0 Å². The lowest BCUT2D eigenvalue weighted by Gasteiger charge is -2.13. The first-order chi connectivity index (χ1) is 21.2. The van der Waals surface area contributed by atoms with Gasteiger partial charge in [0, 0.05) is 5.56 Å². The molecule has 44 heavy (non-hydrogen) atoms. The van der Waals surface area contributed by atoms with Gasteiger partial charge in [-0.3, -0.25) is 4.79 Å². The molecule has 222 valence electrons. The van der Waals surface area contributed by atoms with E-state index in [1.54, 1.807) is 18.2 Å². The minimum absolute atomic E-state index is 0.146. The fraction of sp³-hybridized carbons (Fsp3) is 0.237. The molecule has 0 bridgehead atoms. The summed E-state index contributed by atoms with van der Waals surface area (Å²) in [6.45, 7) is 8.15. The summed E-state index contributed by atoms with van der Waals surface area (Å²) in [7, 11) is 0. The molecular weight excluding hydrogens is 548 g/mol. The van der Waals surface area contributed by atoms with Gasteiger partial charge >= 0.3 is 5.97 Å². The lowest BCUT2D eigenvalue weighted by atomic mass is 10.1. The van der Waals surface area contributed by atoms with Crippen molar-refractivity contribution in [3.63, 3.8) is 0 Å². The van der Waals surface area contributed by atoms with Gasteiger partial charge in [-0.2, -0.15) is 10.5 Å². The SMILES string of the molecule is CC(C)=CC1C(C(=O)OC(C#N)c2cccc(Oc3ccccc3)c2)C1(C)C.N#CCc1cccc(Oc2ccccc2)c1. The van der Waals surface area contributed by atoms with Gasteiger partial charge in [0.2, 0.25) is 6.10 Å². The fourth-order valence-corrected chi connectivity index (χ4v) is 4.96. The molecule has 0 heterocycles. The van der Waals surface area contributed by atoms with E-state index in [9.17, 15) is 10.1 Å². The maximum absolute atomic E-state index is 12.7. The highest BCUT2D eigenvalue weighted by atomic mass is 16.5. The third-order valence-corrected chi connectivity index (χ3v) is 7.33. The van der Waals surface area contributed by atoms with Crippen LogP contribution >= 0.6 is 0 Å². The van der Waals surface area contributed by atoms with E-state index >= 15 is 0 Å². The average molecular weight is 585 g/mol. The Hall–Kier alpha value is -5.33. The first kappa shape index (κ1) is 31.6. The molecule has 1 aliphatic rings. The topological polar surface area (TPSA) is 92.3 Å². The second kappa shape index (κ2) is 14.7. The molecule has 4 aromatic carbocycles. The lowest BCUT2D eigenvalue weighted by Crippen LogP contribution is -2.14. The van der Waals surface area contributed by atoms with Crippen molar-refractivity contribution < 1.29 is 19.0 Å². The average Bonchev–Trinajstić information content (AvgIpc) is 3.56. The van der Waals surface area contributed by atoms with Crippen LogP contribution < -0.4 is 9.47 Å². The van der Waals surface area contributed by atoms with E-state index in [4.69, 9.17) is 19.5 Å². The number of nitrogens with zero attached hydrogens (tertiary/aromatic N) is 2. The largest absolute Gasteiger partial charge is 0.457 e. The molecule has 1 aliphatic carbocycles. The lowest BCUT2D eigenvalue weighted by molar-refractivity contribution is -0.149. The zero-order chi connectivity index (χ0) is 31.5. The summed E-state index contributed by atoms with van der Waals surface area (Å²) in [5.41, 5.74) is 2.60. The minimum atomic E-state index is -0.962. The predicted molar refractivity (Wildman–Crippen MR) is 170 cm³/mol. The Morgan fingerprint density at radius 3 is 1.89 bits per heavy atom. The van der Waals surface area contributed by atoms with Crippen molar-refractivity contribution in [2.75, 3.05) is 0 Å². The van der Waals surface area contributed by atoms with Crippen molar-refractivity contribution in [3.05, 3.63) is 132 Å². The van der Waals surface area contributed by atoms with Crippen LogP contribution in [0.1, 0.15) is 44.9 Å². The molecule has 0 aromatic heterocycles. The Kier molecular flexibility index (Phi) is 10.6. The van der Waals surface area contributed by atoms with Crippen molar-refractivity contribution in [2.24, 2.45) is 17.3 Å². The molecular formula is C38H36N2O4. The minimum Gasteiger partial charge on any atom is -0.457 e. The van der Waals surface area contributed by atoms with Crippen LogP contribution in [0.5, 0.6) is 23.0 Å². The van der Waals surface area contributed by atoms with E-state index < -0.39 is 6.10 Å². The molecule has 6 heteroatoms. The summed E-state index contributed by atoms with van der Waals surface area (Å²) >= 11 is 0. The summed E-state index contributed by atoms with van der Waals surface area (Å²) in [4.78, 5) is 12.7. The van der Waals surface area contributed by atoms with Crippen LogP contribution in [0, 0.1) is 39.9 Å². The number of hydrogen-bond acceptors (Lipinski definition) is 6. The molecule has 1 saturated carbocycles. The van der Waals surface area contributed by atoms with Crippen molar-refractivity contribution in [2.45, 2.75) is 40.2 Å². The Balaban J connectivity index is 0.000000233. The van der Waals surface area contributed by atoms with Crippen molar-refractivity contribution in [1.82, 2.24) is 0 Å². The van der Waals surface area contributed by atoms with Gasteiger partial charge in [-0.15, -0.1) is 0 Å². The van der Waals surface area contributed by atoms with Gasteiger partial charge in [0.05, 0.1) is 18.4 Å². The van der Waals surface area contributed by atoms with Gasteiger partial charge < -0.3 is 14.2 Å². The number of rotatable bonds is 9. The fourth-order valence-electron chi connectivity index (χ4n) is 4.96. The Bertz CT molecular complexity index is 1660. The molecule has 0 spiro atoms. The molecule has 0 N–H and O–H groups in total. The van der Waals surface area contributed by atoms with E-state index in [0.29, 0.717) is 23.5 Å². The number of allylic oxidation sites excluding steroid dienone is 2. The molecule has 4 aromatic rings. The van der Waals surface area contributed by atoms with E-state index in [2.05, 4.69) is 32.1 Å². The summed E-state index contributed by atoms with van der Waals surface area (Å²) in [5, 5.41) is 18.2. The van der Waals surface area contributed by atoms with Crippen molar-refractivity contribution in [1.29, 1.82) is 10.5 Å². The highest BCUT2D eigenvalue weighted by Gasteiger charge is 2.61. The maximum Gasteiger partial charge on any atom is 0.311 e. The second-order valence-electron chi connectivity index (χ2n) is 11.4. The van der Waals surface area contributed by atoms with Gasteiger partial charge in [-0.25, -0.2) is 0 Å². The summed E-state index contributed by atoms with van der Waals surface area (Å²) in [6.07, 6.45) is 1.56. The molecule has 6 nitrogen and oxygen atoms in total. The first-order valence-electron chi connectivity index (χ1n) is 14.5. The van der Waals surface area contributed by atoms with Crippen LogP contribution in [0.15, 0.2) is 121 Å². The number of ether oxygens (including phenoxy) is 3. The number of carbonyl (C=O) groups is 1. The smallest absolute Gasteiger partial charge is 0.311 e. The highest BCUT2D eigenvalue weighted by Crippen LogP contribution is 2.60. The standard InChI is InChI=1S/C24H25NO3.C14H11NO/c1-16(2)13-20-22(24(20,3)4)23(26)28-21(15-25)17-9-8-12-19(14-17)27-18-10-6-5-7-11-18;15-10-9-12-5-4-8-14(11-12)16-13-6-2-1-3-7-13/h5-14,20-22H,1-4H3;1-8,11H,9H2. The third-order valence-electron chi connectivity index (χ3n) is 7.33. The second-order valence-corrected chi connectivity index (χ2v) is 11.4. The molecule has 3 unspecified atom stereocenters. The third kappa shape index (κ3) is 8.60. The van der Waals surface area contributed by atoms with Crippen molar-refractivity contribution in [3.8, 4) is 35.1 Å². The van der Waals surface area contributed by atoms with E-state index in [-0.39, 0.29) is 23.2 Å². The van der Waals surface area contributed by atoms with E-state index in [0.717, 1.165) is 17.1 Å². The quantitative estimate of drug-likeness (QED) is 0.144. The molecule has 1 fully saturated rings. The Labute approximate surface area is 259 Å². The molecule has 0 radical (unpaired) electrons. The van der Waals surface area contributed by atoms with Gasteiger partial charge in [0.15, 0.2) is 0 Å². The Morgan fingerprint density at radius 1 is 0.795 bits per heavy atom. The van der Waals surface area contributed by atoms with E-state index in [1.807, 2.05) is 105 Å². The van der Waals surface area contributed by atoms with Crippen LogP contribution in [0.25, 0.3) is 0 Å².